The van der Waals surface area contributed by atoms with Crippen LogP contribution in [-0.2, 0) is 20.5 Å². The molecule has 1 amide bonds. The molecule has 0 aliphatic rings. The van der Waals surface area contributed by atoms with Crippen molar-refractivity contribution >= 4 is 29.3 Å². The number of Topliss-reactive ketones (excluding diaryl/α,β-unsaturated/α-hetero) is 1. The van der Waals surface area contributed by atoms with E-state index in [-0.39, 0.29) is 29.8 Å². The van der Waals surface area contributed by atoms with Gasteiger partial charge in [-0.3, -0.25) is 14.4 Å². The van der Waals surface area contributed by atoms with Crippen LogP contribution in [0.4, 0.5) is 18.9 Å². The lowest BCUT2D eigenvalue weighted by molar-refractivity contribution is -0.143. The number of amides is 1. The zero-order chi connectivity index (χ0) is 27.0. The zero-order valence-corrected chi connectivity index (χ0v) is 19.6. The molecule has 0 aliphatic heterocycles. The van der Waals surface area contributed by atoms with E-state index in [1.54, 1.807) is 24.3 Å². The largest absolute Gasteiger partial charge is 0.457 e. The van der Waals surface area contributed by atoms with Crippen molar-refractivity contribution in [2.75, 3.05) is 11.9 Å². The zero-order valence-electron chi connectivity index (χ0n) is 19.6. The van der Waals surface area contributed by atoms with Crippen LogP contribution in [0.15, 0.2) is 72.8 Å². The fourth-order valence-corrected chi connectivity index (χ4v) is 3.08. The number of esters is 2. The van der Waals surface area contributed by atoms with Gasteiger partial charge >= 0.3 is 18.1 Å². The van der Waals surface area contributed by atoms with Crippen LogP contribution in [0.3, 0.4) is 0 Å². The SMILES string of the molecule is Cc1ccc(C(=O)Oc2ccc(C(=O)COC(=O)CCC(=O)Nc3cccc(C(F)(F)F)c3)cc2)cc1. The highest BCUT2D eigenvalue weighted by atomic mass is 19.4. The van der Waals surface area contributed by atoms with Crippen LogP contribution >= 0.6 is 0 Å². The maximum atomic E-state index is 12.8. The summed E-state index contributed by atoms with van der Waals surface area (Å²) in [5, 5.41) is 2.28. The third-order valence-electron chi connectivity index (χ3n) is 5.07. The van der Waals surface area contributed by atoms with Crippen LogP contribution in [0.2, 0.25) is 0 Å². The highest BCUT2D eigenvalue weighted by Crippen LogP contribution is 2.30. The molecule has 192 valence electrons. The van der Waals surface area contributed by atoms with Crippen LogP contribution in [0.1, 0.15) is 44.7 Å². The number of anilines is 1. The maximum absolute atomic E-state index is 12.8. The van der Waals surface area contributed by atoms with Gasteiger partial charge in [-0.05, 0) is 61.5 Å². The van der Waals surface area contributed by atoms with Gasteiger partial charge in [-0.25, -0.2) is 4.79 Å². The van der Waals surface area contributed by atoms with E-state index in [1.165, 1.54) is 30.3 Å². The minimum absolute atomic E-state index is 0.0589. The minimum Gasteiger partial charge on any atom is -0.457 e. The summed E-state index contributed by atoms with van der Waals surface area (Å²) in [7, 11) is 0. The number of hydrogen-bond acceptors (Lipinski definition) is 6. The summed E-state index contributed by atoms with van der Waals surface area (Å²) >= 11 is 0. The first-order valence-corrected chi connectivity index (χ1v) is 11.1. The lowest BCUT2D eigenvalue weighted by atomic mass is 10.1. The average Bonchev–Trinajstić information content (AvgIpc) is 2.86. The lowest BCUT2D eigenvalue weighted by Crippen LogP contribution is -2.17. The van der Waals surface area contributed by atoms with Gasteiger partial charge in [0.2, 0.25) is 5.91 Å². The molecule has 3 rings (SSSR count). The quantitative estimate of drug-likeness (QED) is 0.234. The monoisotopic (exact) mass is 513 g/mol. The minimum atomic E-state index is -4.55. The second-order valence-electron chi connectivity index (χ2n) is 7.99. The molecule has 7 nitrogen and oxygen atoms in total. The van der Waals surface area contributed by atoms with E-state index in [0.29, 0.717) is 5.56 Å². The topological polar surface area (TPSA) is 98.8 Å². The van der Waals surface area contributed by atoms with Gasteiger partial charge in [-0.15, -0.1) is 0 Å². The number of carbonyl (C=O) groups excluding carboxylic acids is 4. The Bertz CT molecular complexity index is 1280. The van der Waals surface area contributed by atoms with Gasteiger partial charge in [0.25, 0.3) is 0 Å². The molecule has 0 saturated heterocycles. The van der Waals surface area contributed by atoms with Crippen molar-refractivity contribution in [3.63, 3.8) is 0 Å². The average molecular weight is 513 g/mol. The Labute approximate surface area is 210 Å². The number of nitrogens with one attached hydrogen (secondary N) is 1. The second-order valence-corrected chi connectivity index (χ2v) is 7.99. The third kappa shape index (κ3) is 8.31. The van der Waals surface area contributed by atoms with Gasteiger partial charge in [0, 0.05) is 17.7 Å². The Balaban J connectivity index is 1.42. The second kappa shape index (κ2) is 12.0. The van der Waals surface area contributed by atoms with E-state index in [1.807, 2.05) is 6.92 Å². The Hall–Kier alpha value is -4.47. The van der Waals surface area contributed by atoms with Crippen molar-refractivity contribution < 1.29 is 41.8 Å². The van der Waals surface area contributed by atoms with Crippen molar-refractivity contribution in [3.05, 3.63) is 95.1 Å². The summed E-state index contributed by atoms with van der Waals surface area (Å²) in [4.78, 5) is 48.3. The van der Waals surface area contributed by atoms with Gasteiger partial charge in [0.15, 0.2) is 12.4 Å². The number of hydrogen-bond donors (Lipinski definition) is 1. The number of benzene rings is 3. The van der Waals surface area contributed by atoms with Crippen molar-refractivity contribution in [2.24, 2.45) is 0 Å². The summed E-state index contributed by atoms with van der Waals surface area (Å²) in [5.41, 5.74) is 0.613. The molecule has 0 fully saturated rings. The van der Waals surface area contributed by atoms with Crippen LogP contribution in [0, 0.1) is 6.92 Å². The van der Waals surface area contributed by atoms with Crippen LogP contribution < -0.4 is 10.1 Å². The first kappa shape index (κ1) is 27.1. The number of rotatable bonds is 9. The summed E-state index contributed by atoms with van der Waals surface area (Å²) < 4.78 is 48.4. The molecule has 0 aromatic heterocycles. The molecule has 0 radical (unpaired) electrons. The number of alkyl halides is 3. The number of ether oxygens (including phenoxy) is 2. The van der Waals surface area contributed by atoms with E-state index in [9.17, 15) is 32.3 Å². The smallest absolute Gasteiger partial charge is 0.416 e. The molecule has 3 aromatic carbocycles. The van der Waals surface area contributed by atoms with Crippen molar-refractivity contribution in [2.45, 2.75) is 25.9 Å². The van der Waals surface area contributed by atoms with Crippen LogP contribution in [0.25, 0.3) is 0 Å². The first-order valence-electron chi connectivity index (χ1n) is 11.1. The Morgan fingerprint density at radius 1 is 0.838 bits per heavy atom. The first-order chi connectivity index (χ1) is 17.5. The molecular formula is C27H22F3NO6. The van der Waals surface area contributed by atoms with Crippen LogP contribution in [-0.4, -0.2) is 30.2 Å². The summed E-state index contributed by atoms with van der Waals surface area (Å²) in [6.45, 7) is 1.32. The molecule has 1 N–H and O–H groups in total. The predicted molar refractivity (Wildman–Crippen MR) is 127 cm³/mol. The lowest BCUT2D eigenvalue weighted by Gasteiger charge is -2.10. The normalized spacial score (nSPS) is 10.9. The van der Waals surface area contributed by atoms with Gasteiger partial charge in [0.1, 0.15) is 5.75 Å². The maximum Gasteiger partial charge on any atom is 0.416 e. The van der Waals surface area contributed by atoms with Gasteiger partial charge < -0.3 is 14.8 Å². The summed E-state index contributed by atoms with van der Waals surface area (Å²) in [6, 6.07) is 16.6. The van der Waals surface area contributed by atoms with Crippen LogP contribution in [0.5, 0.6) is 5.75 Å². The Morgan fingerprint density at radius 2 is 1.49 bits per heavy atom. The van der Waals surface area contributed by atoms with Crippen molar-refractivity contribution in [3.8, 4) is 5.75 Å². The Morgan fingerprint density at radius 3 is 2.14 bits per heavy atom. The molecule has 3 aromatic rings. The molecular weight excluding hydrogens is 491 g/mol. The molecule has 0 aliphatic carbocycles. The van der Waals surface area contributed by atoms with Gasteiger partial charge in [-0.1, -0.05) is 23.8 Å². The molecule has 0 spiro atoms. The summed E-state index contributed by atoms with van der Waals surface area (Å²) in [6.07, 6.45) is -5.26. The standard InChI is InChI=1S/C27H22F3NO6/c1-17-5-7-19(8-6-17)26(35)37-22-11-9-18(10-12-22)23(32)16-36-25(34)14-13-24(33)31-21-4-2-3-20(15-21)27(28,29)30/h2-12,15H,13-14,16H2,1H3,(H,31,33). The fraction of sp³-hybridized carbons (Fsp3) is 0.185. The number of halogens is 3. The molecule has 0 bridgehead atoms. The third-order valence-corrected chi connectivity index (χ3v) is 5.07. The van der Waals surface area contributed by atoms with E-state index in [2.05, 4.69) is 5.32 Å². The number of aryl methyl sites for hydroxylation is 1. The number of carbonyl (C=O) groups is 4. The van der Waals surface area contributed by atoms with Crippen molar-refractivity contribution in [1.29, 1.82) is 0 Å². The molecule has 10 heteroatoms. The highest BCUT2D eigenvalue weighted by molar-refractivity contribution is 5.98. The number of ketones is 1. The fourth-order valence-electron chi connectivity index (χ4n) is 3.08. The van der Waals surface area contributed by atoms with Gasteiger partial charge in [0.05, 0.1) is 17.5 Å². The van der Waals surface area contributed by atoms with E-state index in [0.717, 1.165) is 23.8 Å². The molecule has 0 saturated carbocycles. The highest BCUT2D eigenvalue weighted by Gasteiger charge is 2.30. The van der Waals surface area contributed by atoms with E-state index >= 15 is 0 Å². The Kier molecular flexibility index (Phi) is 8.78. The van der Waals surface area contributed by atoms with Gasteiger partial charge in [-0.2, -0.15) is 13.2 Å². The predicted octanol–water partition coefficient (Wildman–Crippen LogP) is 5.38. The molecule has 0 atom stereocenters. The van der Waals surface area contributed by atoms with E-state index < -0.39 is 42.0 Å². The molecule has 0 heterocycles. The molecule has 37 heavy (non-hydrogen) atoms. The summed E-state index contributed by atoms with van der Waals surface area (Å²) in [5.74, 6) is -2.34. The molecule has 0 unspecified atom stereocenters. The van der Waals surface area contributed by atoms with Crippen molar-refractivity contribution in [1.82, 2.24) is 0 Å². The van der Waals surface area contributed by atoms with E-state index in [4.69, 9.17) is 9.47 Å².